The molecule has 0 saturated heterocycles. The number of benzene rings is 1. The zero-order valence-corrected chi connectivity index (χ0v) is 10.4. The van der Waals surface area contributed by atoms with E-state index in [1.807, 2.05) is 6.92 Å². The number of nitrogens with two attached hydrogens (primary N) is 1. The maximum Gasteiger partial charge on any atom is 0.252 e. The van der Waals surface area contributed by atoms with E-state index >= 15 is 0 Å². The van der Waals surface area contributed by atoms with E-state index in [9.17, 15) is 4.79 Å². The minimum atomic E-state index is -0.257. The fourth-order valence-corrected chi connectivity index (χ4v) is 1.71. The third-order valence-electron chi connectivity index (χ3n) is 2.27. The fraction of sp³-hybridized carbons (Fsp3) is 0.308. The summed E-state index contributed by atoms with van der Waals surface area (Å²) >= 11 is 5.83. The van der Waals surface area contributed by atoms with Crippen LogP contribution in [0.15, 0.2) is 18.2 Å². The molecule has 0 saturated carbocycles. The van der Waals surface area contributed by atoms with E-state index in [4.69, 9.17) is 23.8 Å². The third-order valence-corrected chi connectivity index (χ3v) is 2.48. The van der Waals surface area contributed by atoms with Crippen molar-refractivity contribution >= 4 is 23.2 Å². The molecule has 0 bridgehead atoms. The van der Waals surface area contributed by atoms with Crippen LogP contribution in [0, 0.1) is 12.3 Å². The van der Waals surface area contributed by atoms with Crippen molar-refractivity contribution < 1.29 is 4.79 Å². The van der Waals surface area contributed by atoms with Crippen LogP contribution in [0.4, 0.5) is 5.69 Å². The van der Waals surface area contributed by atoms with Crippen molar-refractivity contribution in [2.75, 3.05) is 5.73 Å². The van der Waals surface area contributed by atoms with Gasteiger partial charge in [0.15, 0.2) is 0 Å². The first kappa shape index (κ1) is 13.4. The van der Waals surface area contributed by atoms with Gasteiger partial charge in [-0.2, -0.15) is 0 Å². The van der Waals surface area contributed by atoms with Crippen LogP contribution in [0.5, 0.6) is 0 Å². The zero-order valence-electron chi connectivity index (χ0n) is 9.66. The second kappa shape index (κ2) is 6.17. The van der Waals surface area contributed by atoms with Crippen molar-refractivity contribution in [1.29, 1.82) is 0 Å². The molecule has 1 aromatic carbocycles. The molecule has 0 aliphatic heterocycles. The molecule has 0 aliphatic carbocycles. The fourth-order valence-electron chi connectivity index (χ4n) is 1.47. The molecule has 0 spiro atoms. The Balaban J connectivity index is 2.79. The molecule has 0 heterocycles. The zero-order chi connectivity index (χ0) is 12.8. The van der Waals surface area contributed by atoms with Gasteiger partial charge in [-0.3, -0.25) is 4.79 Å². The highest BCUT2D eigenvalue weighted by atomic mass is 35.5. The first-order chi connectivity index (χ1) is 8.06. The second-order valence-corrected chi connectivity index (χ2v) is 4.19. The number of nitrogens with one attached hydrogen (secondary N) is 1. The largest absolute Gasteiger partial charge is 0.399 e. The first-order valence-electron chi connectivity index (χ1n) is 5.40. The quantitative estimate of drug-likeness (QED) is 0.637. The minimum Gasteiger partial charge on any atom is -0.399 e. The van der Waals surface area contributed by atoms with Crippen LogP contribution in [0.25, 0.3) is 0 Å². The highest BCUT2D eigenvalue weighted by Crippen LogP contribution is 2.16. The van der Waals surface area contributed by atoms with Crippen molar-refractivity contribution in [2.45, 2.75) is 25.8 Å². The molecule has 90 valence electrons. The van der Waals surface area contributed by atoms with Gasteiger partial charge in [-0.05, 0) is 24.6 Å². The van der Waals surface area contributed by atoms with Gasteiger partial charge in [0.1, 0.15) is 0 Å². The van der Waals surface area contributed by atoms with Crippen molar-refractivity contribution in [1.82, 2.24) is 5.32 Å². The van der Waals surface area contributed by atoms with Crippen LogP contribution < -0.4 is 11.1 Å². The van der Waals surface area contributed by atoms with Gasteiger partial charge in [0.2, 0.25) is 0 Å². The summed E-state index contributed by atoms with van der Waals surface area (Å²) in [5, 5.41) is 3.18. The molecule has 1 rings (SSSR count). The lowest BCUT2D eigenvalue weighted by Gasteiger charge is -2.12. The smallest absolute Gasteiger partial charge is 0.252 e. The van der Waals surface area contributed by atoms with Crippen LogP contribution in [0.3, 0.4) is 0 Å². The van der Waals surface area contributed by atoms with Gasteiger partial charge in [0, 0.05) is 16.3 Å². The third kappa shape index (κ3) is 4.01. The van der Waals surface area contributed by atoms with E-state index in [0.717, 1.165) is 12.8 Å². The molecule has 1 unspecified atom stereocenters. The van der Waals surface area contributed by atoms with E-state index in [0.29, 0.717) is 16.3 Å². The Bertz CT molecular complexity index is 431. The summed E-state index contributed by atoms with van der Waals surface area (Å²) in [6.07, 6.45) is 6.99. The van der Waals surface area contributed by atoms with Gasteiger partial charge >= 0.3 is 0 Å². The SMILES string of the molecule is C#CC(CCC)NC(=O)c1cc(N)cc(Cl)c1. The van der Waals surface area contributed by atoms with E-state index in [1.165, 1.54) is 0 Å². The standard InChI is InChI=1S/C13H15ClN2O/c1-3-5-12(4-2)16-13(17)9-6-10(14)8-11(15)7-9/h2,6-8,12H,3,5,15H2,1H3,(H,16,17). The lowest BCUT2D eigenvalue weighted by molar-refractivity contribution is 0.0944. The number of nitrogen functional groups attached to an aromatic ring is 1. The van der Waals surface area contributed by atoms with Crippen molar-refractivity contribution in [2.24, 2.45) is 0 Å². The normalized spacial score (nSPS) is 11.6. The van der Waals surface area contributed by atoms with E-state index in [1.54, 1.807) is 18.2 Å². The number of carbonyl (C=O) groups excluding carboxylic acids is 1. The van der Waals surface area contributed by atoms with Crippen LogP contribution in [-0.4, -0.2) is 11.9 Å². The summed E-state index contributed by atoms with van der Waals surface area (Å²) < 4.78 is 0. The van der Waals surface area contributed by atoms with Crippen LogP contribution in [0.2, 0.25) is 5.02 Å². The predicted molar refractivity (Wildman–Crippen MR) is 70.9 cm³/mol. The van der Waals surface area contributed by atoms with Crippen LogP contribution >= 0.6 is 11.6 Å². The molecule has 1 atom stereocenters. The Morgan fingerprint density at radius 2 is 2.29 bits per heavy atom. The van der Waals surface area contributed by atoms with Gasteiger partial charge in [-0.15, -0.1) is 6.42 Å². The highest BCUT2D eigenvalue weighted by molar-refractivity contribution is 6.31. The number of amides is 1. The molecule has 17 heavy (non-hydrogen) atoms. The Morgan fingerprint density at radius 3 is 2.82 bits per heavy atom. The number of hydrogen-bond acceptors (Lipinski definition) is 2. The summed E-state index contributed by atoms with van der Waals surface area (Å²) in [5.41, 5.74) is 6.49. The number of hydrogen-bond donors (Lipinski definition) is 2. The van der Waals surface area contributed by atoms with Gasteiger partial charge in [0.25, 0.3) is 5.91 Å². The molecule has 0 radical (unpaired) electrons. The topological polar surface area (TPSA) is 55.1 Å². The molecular formula is C13H15ClN2O. The monoisotopic (exact) mass is 250 g/mol. The Morgan fingerprint density at radius 1 is 1.59 bits per heavy atom. The van der Waals surface area contributed by atoms with Crippen LogP contribution in [0.1, 0.15) is 30.1 Å². The number of rotatable bonds is 4. The molecule has 3 nitrogen and oxygen atoms in total. The van der Waals surface area contributed by atoms with Gasteiger partial charge in [-0.1, -0.05) is 30.9 Å². The summed E-state index contributed by atoms with van der Waals surface area (Å²) in [6, 6.07) is 4.46. The Hall–Kier alpha value is -1.66. The molecular weight excluding hydrogens is 236 g/mol. The number of halogens is 1. The predicted octanol–water partition coefficient (Wildman–Crippen LogP) is 2.45. The molecule has 1 aromatic rings. The highest BCUT2D eigenvalue weighted by Gasteiger charge is 2.11. The number of terminal acetylenes is 1. The summed E-state index contributed by atoms with van der Waals surface area (Å²) in [7, 11) is 0. The molecule has 0 aliphatic rings. The Kier molecular flexibility index (Phi) is 4.86. The molecule has 3 N–H and O–H groups in total. The number of carbonyl (C=O) groups is 1. The summed E-state index contributed by atoms with van der Waals surface area (Å²) in [4.78, 5) is 11.9. The van der Waals surface area contributed by atoms with Gasteiger partial charge in [-0.25, -0.2) is 0 Å². The maximum atomic E-state index is 11.9. The summed E-state index contributed by atoms with van der Waals surface area (Å²) in [6.45, 7) is 2.01. The van der Waals surface area contributed by atoms with E-state index in [2.05, 4.69) is 11.2 Å². The van der Waals surface area contributed by atoms with Crippen molar-refractivity contribution in [3.05, 3.63) is 28.8 Å². The molecule has 1 amide bonds. The van der Waals surface area contributed by atoms with Crippen molar-refractivity contribution in [3.8, 4) is 12.3 Å². The Labute approximate surface area is 106 Å². The average Bonchev–Trinajstić information content (AvgIpc) is 2.27. The summed E-state index contributed by atoms with van der Waals surface area (Å²) in [5.74, 6) is 2.28. The van der Waals surface area contributed by atoms with E-state index in [-0.39, 0.29) is 11.9 Å². The lowest BCUT2D eigenvalue weighted by Crippen LogP contribution is -2.33. The lowest BCUT2D eigenvalue weighted by atomic mass is 10.1. The van der Waals surface area contributed by atoms with E-state index < -0.39 is 0 Å². The first-order valence-corrected chi connectivity index (χ1v) is 5.77. The second-order valence-electron chi connectivity index (χ2n) is 3.75. The maximum absolute atomic E-state index is 11.9. The molecule has 4 heteroatoms. The van der Waals surface area contributed by atoms with Gasteiger partial charge in [0.05, 0.1) is 6.04 Å². The molecule has 0 fully saturated rings. The van der Waals surface area contributed by atoms with Crippen LogP contribution in [-0.2, 0) is 0 Å². The van der Waals surface area contributed by atoms with Crippen molar-refractivity contribution in [3.63, 3.8) is 0 Å². The average molecular weight is 251 g/mol. The minimum absolute atomic E-state index is 0.254. The number of anilines is 1. The van der Waals surface area contributed by atoms with Gasteiger partial charge < -0.3 is 11.1 Å². The molecule has 0 aromatic heterocycles.